The van der Waals surface area contributed by atoms with Crippen LogP contribution in [0.5, 0.6) is 0 Å². The van der Waals surface area contributed by atoms with Gasteiger partial charge in [0.1, 0.15) is 4.60 Å². The van der Waals surface area contributed by atoms with E-state index in [9.17, 15) is 0 Å². The third-order valence-electron chi connectivity index (χ3n) is 1.62. The zero-order valence-corrected chi connectivity index (χ0v) is 7.80. The predicted octanol–water partition coefficient (Wildman–Crippen LogP) is 2.62. The lowest BCUT2D eigenvalue weighted by atomic mass is 10.3. The van der Waals surface area contributed by atoms with Crippen molar-refractivity contribution in [3.63, 3.8) is 0 Å². The fourth-order valence-corrected chi connectivity index (χ4v) is 1.05. The van der Waals surface area contributed by atoms with Crippen LogP contribution in [0.15, 0.2) is 16.9 Å². The van der Waals surface area contributed by atoms with Crippen molar-refractivity contribution in [3.8, 4) is 0 Å². The van der Waals surface area contributed by atoms with E-state index in [1.54, 1.807) is 0 Å². The van der Waals surface area contributed by atoms with Gasteiger partial charge < -0.3 is 0 Å². The maximum Gasteiger partial charge on any atom is 0.128 e. The lowest BCUT2D eigenvalue weighted by Crippen LogP contribution is -2.03. The molecule has 1 heterocycles. The van der Waals surface area contributed by atoms with Gasteiger partial charge in [-0.3, -0.25) is 4.68 Å². The summed E-state index contributed by atoms with van der Waals surface area (Å²) in [5.74, 6) is 0. The van der Waals surface area contributed by atoms with Gasteiger partial charge in [0.15, 0.2) is 0 Å². The summed E-state index contributed by atoms with van der Waals surface area (Å²) in [7, 11) is 0. The quantitative estimate of drug-likeness (QED) is 0.722. The highest BCUT2D eigenvalue weighted by Crippen LogP contribution is 2.11. The molecule has 0 saturated heterocycles. The van der Waals surface area contributed by atoms with E-state index >= 15 is 0 Å². The van der Waals surface area contributed by atoms with Crippen LogP contribution in [0.3, 0.4) is 0 Å². The summed E-state index contributed by atoms with van der Waals surface area (Å²) < 4.78 is 2.87. The minimum atomic E-state index is 0.506. The monoisotopic (exact) mass is 202 g/mol. The molecular weight excluding hydrogens is 192 g/mol. The molecule has 10 heavy (non-hydrogen) atoms. The SMILES string of the molecule is CC[C@@H](C)n1ccc(Br)n1. The second kappa shape index (κ2) is 3.19. The van der Waals surface area contributed by atoms with Gasteiger partial charge in [0, 0.05) is 12.2 Å². The summed E-state index contributed by atoms with van der Waals surface area (Å²) in [5.41, 5.74) is 0. The fourth-order valence-electron chi connectivity index (χ4n) is 0.747. The van der Waals surface area contributed by atoms with Crippen molar-refractivity contribution in [2.24, 2.45) is 0 Å². The van der Waals surface area contributed by atoms with Gasteiger partial charge in [0.25, 0.3) is 0 Å². The summed E-state index contributed by atoms with van der Waals surface area (Å²) >= 11 is 3.30. The maximum atomic E-state index is 4.21. The Morgan fingerprint density at radius 3 is 2.90 bits per heavy atom. The topological polar surface area (TPSA) is 17.8 Å². The van der Waals surface area contributed by atoms with Crippen LogP contribution in [0.4, 0.5) is 0 Å². The summed E-state index contributed by atoms with van der Waals surface area (Å²) in [5, 5.41) is 4.21. The summed E-state index contributed by atoms with van der Waals surface area (Å²) in [6.07, 6.45) is 3.10. The van der Waals surface area contributed by atoms with Crippen molar-refractivity contribution in [3.05, 3.63) is 16.9 Å². The number of rotatable bonds is 2. The highest BCUT2D eigenvalue weighted by atomic mass is 79.9. The van der Waals surface area contributed by atoms with Crippen molar-refractivity contribution in [1.29, 1.82) is 0 Å². The average molecular weight is 203 g/mol. The van der Waals surface area contributed by atoms with Gasteiger partial charge in [-0.2, -0.15) is 5.10 Å². The Bertz CT molecular complexity index is 207. The molecule has 1 aromatic heterocycles. The van der Waals surface area contributed by atoms with E-state index < -0.39 is 0 Å². The predicted molar refractivity (Wildman–Crippen MR) is 44.9 cm³/mol. The van der Waals surface area contributed by atoms with Crippen LogP contribution in [0.2, 0.25) is 0 Å². The van der Waals surface area contributed by atoms with Crippen LogP contribution < -0.4 is 0 Å². The Morgan fingerprint density at radius 2 is 2.50 bits per heavy atom. The summed E-state index contributed by atoms with van der Waals surface area (Å²) in [6.45, 7) is 4.31. The second-order valence-electron chi connectivity index (χ2n) is 2.38. The van der Waals surface area contributed by atoms with Crippen LogP contribution >= 0.6 is 15.9 Å². The number of nitrogens with zero attached hydrogens (tertiary/aromatic N) is 2. The van der Waals surface area contributed by atoms with Crippen LogP contribution in [-0.4, -0.2) is 9.78 Å². The minimum Gasteiger partial charge on any atom is -0.269 e. The number of aromatic nitrogens is 2. The van der Waals surface area contributed by atoms with Gasteiger partial charge in [-0.25, -0.2) is 0 Å². The maximum absolute atomic E-state index is 4.21. The van der Waals surface area contributed by atoms with Crippen molar-refractivity contribution in [2.45, 2.75) is 26.3 Å². The molecule has 0 aliphatic carbocycles. The molecule has 1 atom stereocenters. The van der Waals surface area contributed by atoms with Crippen LogP contribution in [-0.2, 0) is 0 Å². The minimum absolute atomic E-state index is 0.506. The lowest BCUT2D eigenvalue weighted by Gasteiger charge is -2.07. The third kappa shape index (κ3) is 1.59. The molecule has 1 aromatic rings. The molecule has 56 valence electrons. The van der Waals surface area contributed by atoms with E-state index in [0.29, 0.717) is 6.04 Å². The van der Waals surface area contributed by atoms with E-state index in [4.69, 9.17) is 0 Å². The van der Waals surface area contributed by atoms with E-state index in [1.165, 1.54) is 0 Å². The highest BCUT2D eigenvalue weighted by molar-refractivity contribution is 9.10. The van der Waals surface area contributed by atoms with Gasteiger partial charge in [-0.1, -0.05) is 6.92 Å². The Hall–Kier alpha value is -0.310. The fraction of sp³-hybridized carbons (Fsp3) is 0.571. The molecule has 0 fully saturated rings. The number of hydrogen-bond acceptors (Lipinski definition) is 1. The van der Waals surface area contributed by atoms with Crippen molar-refractivity contribution >= 4 is 15.9 Å². The molecule has 0 aliphatic heterocycles. The van der Waals surface area contributed by atoms with E-state index in [0.717, 1.165) is 11.0 Å². The van der Waals surface area contributed by atoms with Crippen molar-refractivity contribution in [1.82, 2.24) is 9.78 Å². The van der Waals surface area contributed by atoms with Crippen molar-refractivity contribution in [2.75, 3.05) is 0 Å². The molecule has 0 saturated carbocycles. The molecule has 0 aromatic carbocycles. The van der Waals surface area contributed by atoms with Gasteiger partial charge in [-0.15, -0.1) is 0 Å². The molecule has 0 N–H and O–H groups in total. The molecule has 0 aliphatic rings. The molecule has 0 amide bonds. The Labute approximate surface area is 69.4 Å². The first-order valence-electron chi connectivity index (χ1n) is 3.44. The zero-order valence-electron chi connectivity index (χ0n) is 6.21. The summed E-state index contributed by atoms with van der Waals surface area (Å²) in [4.78, 5) is 0. The van der Waals surface area contributed by atoms with Gasteiger partial charge in [-0.05, 0) is 35.3 Å². The highest BCUT2D eigenvalue weighted by Gasteiger charge is 2.01. The largest absolute Gasteiger partial charge is 0.269 e. The number of hydrogen-bond donors (Lipinski definition) is 0. The normalized spacial score (nSPS) is 13.5. The molecule has 1 rings (SSSR count). The van der Waals surface area contributed by atoms with Crippen molar-refractivity contribution < 1.29 is 0 Å². The van der Waals surface area contributed by atoms with E-state index in [1.807, 2.05) is 16.9 Å². The molecule has 0 bridgehead atoms. The van der Waals surface area contributed by atoms with Gasteiger partial charge >= 0.3 is 0 Å². The Balaban J connectivity index is 2.74. The first kappa shape index (κ1) is 7.79. The molecule has 0 unspecified atom stereocenters. The zero-order chi connectivity index (χ0) is 7.56. The molecule has 0 radical (unpaired) electrons. The second-order valence-corrected chi connectivity index (χ2v) is 3.19. The Morgan fingerprint density at radius 1 is 1.80 bits per heavy atom. The standard InChI is InChI=1S/C7H11BrN2/c1-3-6(2)10-5-4-7(8)9-10/h4-6H,3H2,1-2H3/t6-/m1/s1. The average Bonchev–Trinajstić information content (AvgIpc) is 2.34. The summed E-state index contributed by atoms with van der Waals surface area (Å²) in [6, 6.07) is 2.46. The van der Waals surface area contributed by atoms with Gasteiger partial charge in [0.05, 0.1) is 0 Å². The van der Waals surface area contributed by atoms with Crippen LogP contribution in [0.1, 0.15) is 26.3 Å². The Kier molecular flexibility index (Phi) is 2.49. The number of halogens is 1. The molecule has 0 spiro atoms. The third-order valence-corrected chi connectivity index (χ3v) is 2.04. The molecule has 2 nitrogen and oxygen atoms in total. The lowest BCUT2D eigenvalue weighted by molar-refractivity contribution is 0.476. The smallest absolute Gasteiger partial charge is 0.128 e. The molecule has 3 heteroatoms. The van der Waals surface area contributed by atoms with Crippen LogP contribution in [0.25, 0.3) is 0 Å². The van der Waals surface area contributed by atoms with E-state index in [2.05, 4.69) is 34.9 Å². The molecular formula is C7H11BrN2. The van der Waals surface area contributed by atoms with E-state index in [-0.39, 0.29) is 0 Å². The first-order valence-corrected chi connectivity index (χ1v) is 4.24. The van der Waals surface area contributed by atoms with Crippen LogP contribution in [0, 0.1) is 0 Å². The first-order chi connectivity index (χ1) is 4.74. The van der Waals surface area contributed by atoms with Gasteiger partial charge in [0.2, 0.25) is 0 Å².